The van der Waals surface area contributed by atoms with Gasteiger partial charge in [0, 0.05) is 21.7 Å². The van der Waals surface area contributed by atoms with Crippen LogP contribution in [0.15, 0.2) is 30.3 Å². The molecule has 0 saturated heterocycles. The molecule has 0 radical (unpaired) electrons. The Morgan fingerprint density at radius 1 is 1.10 bits per heavy atom. The fourth-order valence-electron chi connectivity index (χ4n) is 3.46. The van der Waals surface area contributed by atoms with E-state index in [1.165, 1.54) is 47.1 Å². The molecule has 1 nitrogen and oxygen atoms in total. The second-order valence-corrected chi connectivity index (χ2v) is 7.38. The minimum absolute atomic E-state index is 0.462. The normalized spacial score (nSPS) is 20.1. The summed E-state index contributed by atoms with van der Waals surface area (Å²) in [7, 11) is 0. The van der Waals surface area contributed by atoms with Crippen LogP contribution in [-0.4, -0.2) is 6.04 Å². The quantitative estimate of drug-likeness (QED) is 0.780. The van der Waals surface area contributed by atoms with E-state index in [1.807, 2.05) is 11.3 Å². The number of benzene rings is 1. The maximum Gasteiger partial charge on any atom is 0.0388 e. The van der Waals surface area contributed by atoms with Crippen molar-refractivity contribution in [1.82, 2.24) is 5.32 Å². The molecule has 1 aromatic carbocycles. The Morgan fingerprint density at radius 2 is 1.85 bits per heavy atom. The summed E-state index contributed by atoms with van der Waals surface area (Å²) in [5.41, 5.74) is 0. The second-order valence-electron chi connectivity index (χ2n) is 6.26. The van der Waals surface area contributed by atoms with Gasteiger partial charge in [-0.15, -0.1) is 11.3 Å². The van der Waals surface area contributed by atoms with Crippen LogP contribution in [0.5, 0.6) is 0 Å². The molecule has 1 fully saturated rings. The van der Waals surface area contributed by atoms with E-state index in [0.717, 1.165) is 5.92 Å². The molecule has 1 saturated carbocycles. The summed E-state index contributed by atoms with van der Waals surface area (Å²) in [5, 5.41) is 5.22. The molecule has 0 amide bonds. The van der Waals surface area contributed by atoms with Crippen molar-refractivity contribution in [3.63, 3.8) is 0 Å². The van der Waals surface area contributed by atoms with Crippen LogP contribution in [0.1, 0.15) is 56.9 Å². The van der Waals surface area contributed by atoms with Crippen LogP contribution in [0.2, 0.25) is 0 Å². The predicted molar refractivity (Wildman–Crippen MR) is 89.4 cm³/mol. The van der Waals surface area contributed by atoms with Gasteiger partial charge in [-0.1, -0.05) is 37.5 Å². The van der Waals surface area contributed by atoms with Gasteiger partial charge in [0.05, 0.1) is 0 Å². The molecule has 2 atom stereocenters. The minimum atomic E-state index is 0.462. The molecule has 108 valence electrons. The Kier molecular flexibility index (Phi) is 4.42. The van der Waals surface area contributed by atoms with Gasteiger partial charge in [0.1, 0.15) is 0 Å². The zero-order valence-corrected chi connectivity index (χ0v) is 13.4. The molecule has 20 heavy (non-hydrogen) atoms. The summed E-state index contributed by atoms with van der Waals surface area (Å²) in [5.74, 6) is 0.876. The molecule has 2 unspecified atom stereocenters. The van der Waals surface area contributed by atoms with Crippen LogP contribution < -0.4 is 5.32 Å². The van der Waals surface area contributed by atoms with Gasteiger partial charge in [0.15, 0.2) is 0 Å². The number of thiophene rings is 1. The minimum Gasteiger partial charge on any atom is -0.307 e. The van der Waals surface area contributed by atoms with Crippen molar-refractivity contribution in [2.45, 2.75) is 58.0 Å². The Hall–Kier alpha value is -0.860. The fourth-order valence-corrected chi connectivity index (χ4v) is 4.54. The number of fused-ring (bicyclic) bond motifs is 1. The van der Waals surface area contributed by atoms with Crippen LogP contribution >= 0.6 is 11.3 Å². The zero-order valence-electron chi connectivity index (χ0n) is 12.6. The summed E-state index contributed by atoms with van der Waals surface area (Å²) in [6.45, 7) is 4.68. The number of rotatable bonds is 4. The Bertz CT molecular complexity index is 520. The van der Waals surface area contributed by atoms with E-state index in [0.29, 0.717) is 12.1 Å². The van der Waals surface area contributed by atoms with Gasteiger partial charge in [-0.25, -0.2) is 0 Å². The Balaban J connectivity index is 1.67. The van der Waals surface area contributed by atoms with Crippen LogP contribution in [-0.2, 0) is 0 Å². The molecule has 3 rings (SSSR count). The average molecular weight is 287 g/mol. The maximum atomic E-state index is 3.84. The topological polar surface area (TPSA) is 12.0 Å². The molecule has 1 aromatic heterocycles. The standard InChI is InChI=1S/C18H25NS/c1-13(15-8-4-3-5-9-15)19-14(2)18-12-16-10-6-7-11-17(16)20-18/h6-7,10-15,19H,3-5,8-9H2,1-2H3. The predicted octanol–water partition coefficient (Wildman–Crippen LogP) is 5.52. The van der Waals surface area contributed by atoms with Crippen molar-refractivity contribution >= 4 is 21.4 Å². The van der Waals surface area contributed by atoms with E-state index in [2.05, 4.69) is 49.5 Å². The van der Waals surface area contributed by atoms with Crippen LogP contribution in [0.3, 0.4) is 0 Å². The van der Waals surface area contributed by atoms with Gasteiger partial charge >= 0.3 is 0 Å². The van der Waals surface area contributed by atoms with Gasteiger partial charge < -0.3 is 5.32 Å². The average Bonchev–Trinajstić information content (AvgIpc) is 2.92. The number of nitrogens with one attached hydrogen (secondary N) is 1. The molecule has 2 aromatic rings. The molecule has 1 aliphatic rings. The Morgan fingerprint density at radius 3 is 2.60 bits per heavy atom. The van der Waals surface area contributed by atoms with Crippen molar-refractivity contribution in [3.8, 4) is 0 Å². The van der Waals surface area contributed by atoms with Crippen molar-refractivity contribution in [3.05, 3.63) is 35.2 Å². The first kappa shape index (κ1) is 14.1. The van der Waals surface area contributed by atoms with E-state index in [9.17, 15) is 0 Å². The first-order valence-corrected chi connectivity index (χ1v) is 8.80. The van der Waals surface area contributed by atoms with E-state index in [4.69, 9.17) is 0 Å². The summed E-state index contributed by atoms with van der Waals surface area (Å²) >= 11 is 1.93. The third-order valence-corrected chi connectivity index (χ3v) is 6.04. The largest absolute Gasteiger partial charge is 0.307 e. The molecule has 2 heteroatoms. The molecule has 0 spiro atoms. The molecule has 1 N–H and O–H groups in total. The molecular weight excluding hydrogens is 262 g/mol. The molecular formula is C18H25NS. The monoisotopic (exact) mass is 287 g/mol. The van der Waals surface area contributed by atoms with Crippen LogP contribution in [0.25, 0.3) is 10.1 Å². The van der Waals surface area contributed by atoms with E-state index < -0.39 is 0 Å². The number of hydrogen-bond donors (Lipinski definition) is 1. The zero-order chi connectivity index (χ0) is 13.9. The van der Waals surface area contributed by atoms with Crippen molar-refractivity contribution < 1.29 is 0 Å². The second kappa shape index (κ2) is 6.28. The van der Waals surface area contributed by atoms with Gasteiger partial charge in [-0.3, -0.25) is 0 Å². The highest BCUT2D eigenvalue weighted by Gasteiger charge is 2.22. The smallest absolute Gasteiger partial charge is 0.0388 e. The highest BCUT2D eigenvalue weighted by molar-refractivity contribution is 7.19. The van der Waals surface area contributed by atoms with Gasteiger partial charge in [0.25, 0.3) is 0 Å². The van der Waals surface area contributed by atoms with E-state index in [-0.39, 0.29) is 0 Å². The Labute approximate surface area is 126 Å². The summed E-state index contributed by atoms with van der Waals surface area (Å²) in [4.78, 5) is 1.47. The van der Waals surface area contributed by atoms with Crippen molar-refractivity contribution in [2.24, 2.45) is 5.92 Å². The van der Waals surface area contributed by atoms with Gasteiger partial charge in [0.2, 0.25) is 0 Å². The van der Waals surface area contributed by atoms with E-state index >= 15 is 0 Å². The van der Waals surface area contributed by atoms with Gasteiger partial charge in [-0.2, -0.15) is 0 Å². The number of hydrogen-bond acceptors (Lipinski definition) is 2. The molecule has 0 bridgehead atoms. The third kappa shape index (κ3) is 3.07. The summed E-state index contributed by atoms with van der Waals surface area (Å²) in [6.07, 6.45) is 7.11. The lowest BCUT2D eigenvalue weighted by Crippen LogP contribution is -2.36. The van der Waals surface area contributed by atoms with Crippen molar-refractivity contribution in [2.75, 3.05) is 0 Å². The van der Waals surface area contributed by atoms with Crippen LogP contribution in [0.4, 0.5) is 0 Å². The molecule has 1 heterocycles. The lowest BCUT2D eigenvalue weighted by Gasteiger charge is -2.30. The molecule has 0 aliphatic heterocycles. The van der Waals surface area contributed by atoms with Crippen LogP contribution in [0, 0.1) is 5.92 Å². The first-order valence-electron chi connectivity index (χ1n) is 7.98. The SMILES string of the molecule is CC(NC(C)C1CCCCC1)c1cc2ccccc2s1. The molecule has 1 aliphatic carbocycles. The van der Waals surface area contributed by atoms with Crippen molar-refractivity contribution in [1.29, 1.82) is 0 Å². The highest BCUT2D eigenvalue weighted by Crippen LogP contribution is 2.32. The lowest BCUT2D eigenvalue weighted by atomic mass is 9.84. The fraction of sp³-hybridized carbons (Fsp3) is 0.556. The summed E-state index contributed by atoms with van der Waals surface area (Å²) < 4.78 is 1.40. The maximum absolute atomic E-state index is 3.84. The lowest BCUT2D eigenvalue weighted by molar-refractivity contribution is 0.269. The van der Waals surface area contributed by atoms with Gasteiger partial charge in [-0.05, 0) is 50.1 Å². The third-order valence-electron chi connectivity index (χ3n) is 4.74. The first-order chi connectivity index (χ1) is 9.74. The van der Waals surface area contributed by atoms with E-state index in [1.54, 1.807) is 0 Å². The summed E-state index contributed by atoms with van der Waals surface area (Å²) in [6, 6.07) is 12.1. The highest BCUT2D eigenvalue weighted by atomic mass is 32.1.